The molecule has 0 saturated carbocycles. The molecule has 1 aliphatic rings. The van der Waals surface area contributed by atoms with Gasteiger partial charge in [0.05, 0.1) is 0 Å². The minimum atomic E-state index is -0.0767. The maximum absolute atomic E-state index is 13.3. The fourth-order valence-corrected chi connectivity index (χ4v) is 1.76. The van der Waals surface area contributed by atoms with Gasteiger partial charge in [-0.15, -0.1) is 0 Å². The number of nitrogens with one attached hydrogen (secondary N) is 1. The zero-order chi connectivity index (χ0) is 8.55. The molecule has 0 radical (unpaired) electrons. The second-order valence-corrected chi connectivity index (χ2v) is 3.32. The molecule has 2 heteroatoms. The Bertz CT molecular complexity index is 296. The van der Waals surface area contributed by atoms with E-state index in [9.17, 15) is 4.39 Å². The van der Waals surface area contributed by atoms with E-state index in [1.165, 1.54) is 6.07 Å². The van der Waals surface area contributed by atoms with Crippen molar-refractivity contribution >= 4 is 5.69 Å². The topological polar surface area (TPSA) is 12.0 Å². The molecule has 1 aliphatic heterocycles. The lowest BCUT2D eigenvalue weighted by Crippen LogP contribution is -2.16. The molecule has 1 heterocycles. The van der Waals surface area contributed by atoms with Crippen LogP contribution in [0.4, 0.5) is 10.1 Å². The van der Waals surface area contributed by atoms with Crippen LogP contribution in [0.5, 0.6) is 0 Å². The Morgan fingerprint density at radius 3 is 3.08 bits per heavy atom. The molecule has 0 unspecified atom stereocenters. The summed E-state index contributed by atoms with van der Waals surface area (Å²) in [6.07, 6.45) is 1.02. The summed E-state index contributed by atoms with van der Waals surface area (Å²) in [6.45, 7) is 3.03. The van der Waals surface area contributed by atoms with E-state index in [1.807, 2.05) is 6.07 Å². The smallest absolute Gasteiger partial charge is 0.128 e. The third-order valence-electron chi connectivity index (χ3n) is 2.44. The van der Waals surface area contributed by atoms with Gasteiger partial charge in [-0.1, -0.05) is 13.0 Å². The Labute approximate surface area is 71.6 Å². The molecule has 0 bridgehead atoms. The van der Waals surface area contributed by atoms with Gasteiger partial charge in [-0.2, -0.15) is 0 Å². The van der Waals surface area contributed by atoms with Gasteiger partial charge in [-0.05, 0) is 24.5 Å². The molecule has 1 aromatic carbocycles. The van der Waals surface area contributed by atoms with Gasteiger partial charge in [0.2, 0.25) is 0 Å². The summed E-state index contributed by atoms with van der Waals surface area (Å²) in [6, 6.07) is 5.22. The SMILES string of the molecule is C[C@@H]1CCNc2cccc(F)c21. The molecule has 64 valence electrons. The van der Waals surface area contributed by atoms with Crippen molar-refractivity contribution < 1.29 is 4.39 Å². The standard InChI is InChI=1S/C10H12FN/c1-7-5-6-12-9-4-2-3-8(11)10(7)9/h2-4,7,12H,5-6H2,1H3/t7-/m1/s1. The largest absolute Gasteiger partial charge is 0.385 e. The van der Waals surface area contributed by atoms with Crippen LogP contribution in [0.2, 0.25) is 0 Å². The maximum Gasteiger partial charge on any atom is 0.128 e. The first-order valence-corrected chi connectivity index (χ1v) is 4.31. The molecule has 0 aliphatic carbocycles. The molecular formula is C10H12FN. The maximum atomic E-state index is 13.3. The summed E-state index contributed by atoms with van der Waals surface area (Å²) in [5.74, 6) is 0.273. The number of hydrogen-bond donors (Lipinski definition) is 1. The number of hydrogen-bond acceptors (Lipinski definition) is 1. The number of rotatable bonds is 0. The lowest BCUT2D eigenvalue weighted by atomic mass is 9.92. The van der Waals surface area contributed by atoms with E-state index in [0.29, 0.717) is 5.92 Å². The van der Waals surface area contributed by atoms with Gasteiger partial charge in [0.1, 0.15) is 5.82 Å². The van der Waals surface area contributed by atoms with Gasteiger partial charge < -0.3 is 5.32 Å². The molecule has 1 N–H and O–H groups in total. The van der Waals surface area contributed by atoms with Crippen LogP contribution in [0.15, 0.2) is 18.2 Å². The second kappa shape index (κ2) is 2.77. The number of fused-ring (bicyclic) bond motifs is 1. The molecule has 0 fully saturated rings. The predicted octanol–water partition coefficient (Wildman–Crippen LogP) is 2.74. The average molecular weight is 165 g/mol. The molecule has 0 spiro atoms. The zero-order valence-corrected chi connectivity index (χ0v) is 7.10. The normalized spacial score (nSPS) is 21.3. The highest BCUT2D eigenvalue weighted by molar-refractivity contribution is 5.55. The van der Waals surface area contributed by atoms with Crippen molar-refractivity contribution in [2.75, 3.05) is 11.9 Å². The Hall–Kier alpha value is -1.05. The van der Waals surface area contributed by atoms with Crippen LogP contribution in [0.3, 0.4) is 0 Å². The first-order valence-electron chi connectivity index (χ1n) is 4.31. The van der Waals surface area contributed by atoms with Gasteiger partial charge in [-0.3, -0.25) is 0 Å². The number of halogens is 1. The molecule has 2 rings (SSSR count). The Kier molecular flexibility index (Phi) is 1.75. The number of anilines is 1. The highest BCUT2D eigenvalue weighted by Crippen LogP contribution is 2.32. The summed E-state index contributed by atoms with van der Waals surface area (Å²) in [7, 11) is 0. The van der Waals surface area contributed by atoms with Gasteiger partial charge >= 0.3 is 0 Å². The van der Waals surface area contributed by atoms with E-state index in [1.54, 1.807) is 6.07 Å². The summed E-state index contributed by atoms with van der Waals surface area (Å²) < 4.78 is 13.3. The molecule has 0 aromatic heterocycles. The first kappa shape index (κ1) is 7.59. The van der Waals surface area contributed by atoms with E-state index >= 15 is 0 Å². The second-order valence-electron chi connectivity index (χ2n) is 3.32. The van der Waals surface area contributed by atoms with Crippen molar-refractivity contribution in [1.29, 1.82) is 0 Å². The zero-order valence-electron chi connectivity index (χ0n) is 7.10. The monoisotopic (exact) mass is 165 g/mol. The fourth-order valence-electron chi connectivity index (χ4n) is 1.76. The van der Waals surface area contributed by atoms with Crippen LogP contribution in [0.1, 0.15) is 24.8 Å². The molecule has 0 saturated heterocycles. The molecule has 0 amide bonds. The van der Waals surface area contributed by atoms with Gasteiger partial charge in [0, 0.05) is 17.8 Å². The summed E-state index contributed by atoms with van der Waals surface area (Å²) in [5, 5.41) is 3.19. The Morgan fingerprint density at radius 2 is 2.33 bits per heavy atom. The van der Waals surface area contributed by atoms with Crippen molar-refractivity contribution in [1.82, 2.24) is 0 Å². The van der Waals surface area contributed by atoms with E-state index in [0.717, 1.165) is 24.2 Å². The van der Waals surface area contributed by atoms with Crippen LogP contribution in [0, 0.1) is 5.82 Å². The molecule has 1 aromatic rings. The van der Waals surface area contributed by atoms with Gasteiger partial charge in [-0.25, -0.2) is 4.39 Å². The third kappa shape index (κ3) is 1.07. The van der Waals surface area contributed by atoms with Crippen molar-refractivity contribution in [2.24, 2.45) is 0 Å². The van der Waals surface area contributed by atoms with Crippen LogP contribution in [-0.2, 0) is 0 Å². The van der Waals surface area contributed by atoms with E-state index < -0.39 is 0 Å². The Balaban J connectivity index is 2.53. The molecular weight excluding hydrogens is 153 g/mol. The van der Waals surface area contributed by atoms with Crippen molar-refractivity contribution in [3.63, 3.8) is 0 Å². The number of benzene rings is 1. The van der Waals surface area contributed by atoms with E-state index in [-0.39, 0.29) is 5.82 Å². The quantitative estimate of drug-likeness (QED) is 0.623. The van der Waals surface area contributed by atoms with E-state index in [2.05, 4.69) is 12.2 Å². The van der Waals surface area contributed by atoms with E-state index in [4.69, 9.17) is 0 Å². The minimum Gasteiger partial charge on any atom is -0.385 e. The minimum absolute atomic E-state index is 0.0767. The summed E-state index contributed by atoms with van der Waals surface area (Å²) in [5.41, 5.74) is 1.82. The van der Waals surface area contributed by atoms with Crippen LogP contribution in [0.25, 0.3) is 0 Å². The first-order chi connectivity index (χ1) is 5.79. The highest BCUT2D eigenvalue weighted by atomic mass is 19.1. The summed E-state index contributed by atoms with van der Waals surface area (Å²) >= 11 is 0. The molecule has 12 heavy (non-hydrogen) atoms. The highest BCUT2D eigenvalue weighted by Gasteiger charge is 2.18. The van der Waals surface area contributed by atoms with Crippen LogP contribution in [-0.4, -0.2) is 6.54 Å². The Morgan fingerprint density at radius 1 is 1.50 bits per heavy atom. The van der Waals surface area contributed by atoms with Crippen LogP contribution >= 0.6 is 0 Å². The van der Waals surface area contributed by atoms with Crippen LogP contribution < -0.4 is 5.32 Å². The fraction of sp³-hybridized carbons (Fsp3) is 0.400. The van der Waals surface area contributed by atoms with Gasteiger partial charge in [0.25, 0.3) is 0 Å². The van der Waals surface area contributed by atoms with Crippen molar-refractivity contribution in [3.8, 4) is 0 Å². The third-order valence-corrected chi connectivity index (χ3v) is 2.44. The van der Waals surface area contributed by atoms with Gasteiger partial charge in [0.15, 0.2) is 0 Å². The predicted molar refractivity (Wildman–Crippen MR) is 47.9 cm³/mol. The summed E-state index contributed by atoms with van der Waals surface area (Å²) in [4.78, 5) is 0. The lowest BCUT2D eigenvalue weighted by Gasteiger charge is -2.23. The molecule has 1 atom stereocenters. The van der Waals surface area contributed by atoms with Crippen molar-refractivity contribution in [2.45, 2.75) is 19.3 Å². The molecule has 1 nitrogen and oxygen atoms in total. The average Bonchev–Trinajstić information content (AvgIpc) is 2.04. The lowest BCUT2D eigenvalue weighted by molar-refractivity contribution is 0.572. The van der Waals surface area contributed by atoms with Crippen molar-refractivity contribution in [3.05, 3.63) is 29.6 Å².